The second-order valence-electron chi connectivity index (χ2n) is 10.8. The second kappa shape index (κ2) is 11.0. The summed E-state index contributed by atoms with van der Waals surface area (Å²) in [5.74, 6) is 3.88. The normalized spacial score (nSPS) is 11.3. The summed E-state index contributed by atoms with van der Waals surface area (Å²) in [6.45, 7) is 2.17. The van der Waals surface area contributed by atoms with Gasteiger partial charge in [-0.25, -0.2) is 0 Å². The third-order valence-corrected chi connectivity index (χ3v) is 12.3. The van der Waals surface area contributed by atoms with Crippen LogP contribution in [0.1, 0.15) is 11.1 Å². The summed E-state index contributed by atoms with van der Waals surface area (Å²) < 4.78 is 0. The third-order valence-electron chi connectivity index (χ3n) is 8.24. The van der Waals surface area contributed by atoms with E-state index < -0.39 is 8.07 Å². The van der Waals surface area contributed by atoms with E-state index in [0.29, 0.717) is 0 Å². The molecule has 0 spiro atoms. The maximum atomic E-state index is 4.05. The molecule has 0 heterocycles. The van der Waals surface area contributed by atoms with E-state index >= 15 is 0 Å². The van der Waals surface area contributed by atoms with E-state index in [9.17, 15) is 0 Å². The van der Waals surface area contributed by atoms with Gasteiger partial charge in [0.05, 0.1) is 0 Å². The highest BCUT2D eigenvalue weighted by molar-refractivity contribution is 7.16. The summed E-state index contributed by atoms with van der Waals surface area (Å²) in [6, 6.07) is 59.1. The number of hydrogen-bond acceptors (Lipinski definition) is 0. The smallest absolute Gasteiger partial charge is 0.109 e. The van der Waals surface area contributed by atoms with Crippen LogP contribution in [0.3, 0.4) is 0 Å². The number of benzene rings is 7. The largest absolute Gasteiger partial charge is 0.230 e. The summed E-state index contributed by atoms with van der Waals surface area (Å²) in [6.07, 6.45) is 0. The van der Waals surface area contributed by atoms with Gasteiger partial charge in [0.15, 0.2) is 0 Å². The van der Waals surface area contributed by atoms with Gasteiger partial charge in [0.2, 0.25) is 8.07 Å². The maximum Gasteiger partial charge on any atom is 0.230 e. The van der Waals surface area contributed by atoms with Gasteiger partial charge in [-0.05, 0) is 55.2 Å². The lowest BCUT2D eigenvalue weighted by Gasteiger charge is -2.28. The molecule has 1 heteroatoms. The number of fused-ring (bicyclic) bond motifs is 2. The van der Waals surface area contributed by atoms with Crippen LogP contribution in [0.5, 0.6) is 0 Å². The van der Waals surface area contributed by atoms with Crippen LogP contribution in [0.4, 0.5) is 0 Å². The molecule has 42 heavy (non-hydrogen) atoms. The van der Waals surface area contributed by atoms with Crippen molar-refractivity contribution in [1.82, 2.24) is 0 Å². The lowest BCUT2D eigenvalue weighted by molar-refractivity contribution is 1.50. The molecule has 7 aromatic carbocycles. The molecule has 0 aliphatic rings. The Morgan fingerprint density at radius 2 is 0.881 bits per heavy atom. The third kappa shape index (κ3) is 4.43. The van der Waals surface area contributed by atoms with Crippen molar-refractivity contribution < 1.29 is 0 Å². The number of aryl methyl sites for hydroxylation is 1. The molecule has 0 aromatic heterocycles. The highest BCUT2D eigenvalue weighted by Gasteiger charge is 2.38. The topological polar surface area (TPSA) is 0 Å². The summed E-state index contributed by atoms with van der Waals surface area (Å²) in [5.41, 5.74) is 8.89. The van der Waals surface area contributed by atoms with Crippen molar-refractivity contribution in [2.24, 2.45) is 0 Å². The molecule has 0 N–H and O–H groups in total. The van der Waals surface area contributed by atoms with E-state index in [1.807, 2.05) is 0 Å². The van der Waals surface area contributed by atoms with E-state index in [1.54, 1.807) is 0 Å². The molecule has 0 fully saturated rings. The van der Waals surface area contributed by atoms with Gasteiger partial charge in [-0.2, -0.15) is 0 Å². The predicted molar refractivity (Wildman–Crippen MR) is 182 cm³/mol. The highest BCUT2D eigenvalue weighted by atomic mass is 28.3. The zero-order valence-corrected chi connectivity index (χ0v) is 24.6. The van der Waals surface area contributed by atoms with E-state index in [1.165, 1.54) is 53.8 Å². The van der Waals surface area contributed by atoms with Crippen LogP contribution in [0, 0.1) is 18.4 Å². The van der Waals surface area contributed by atoms with Gasteiger partial charge in [0, 0.05) is 5.56 Å². The molecule has 7 aromatic rings. The molecule has 198 valence electrons. The minimum absolute atomic E-state index is 1.10. The Morgan fingerprint density at radius 3 is 1.43 bits per heavy atom. The first-order chi connectivity index (χ1) is 20.8. The minimum atomic E-state index is -2.73. The van der Waals surface area contributed by atoms with Gasteiger partial charge < -0.3 is 0 Å². The first-order valence-electron chi connectivity index (χ1n) is 14.5. The van der Waals surface area contributed by atoms with Crippen molar-refractivity contribution in [2.45, 2.75) is 6.92 Å². The van der Waals surface area contributed by atoms with Gasteiger partial charge in [-0.3, -0.25) is 0 Å². The molecule has 0 amide bonds. The monoisotopic (exact) mass is 550 g/mol. The number of hydrogen-bond donors (Lipinski definition) is 0. The van der Waals surface area contributed by atoms with Crippen LogP contribution in [0.15, 0.2) is 164 Å². The van der Waals surface area contributed by atoms with Crippen LogP contribution < -0.4 is 15.6 Å². The molecule has 0 atom stereocenters. The minimum Gasteiger partial charge on any atom is -0.109 e. The lowest BCUT2D eigenvalue weighted by atomic mass is 9.88. The summed E-state index contributed by atoms with van der Waals surface area (Å²) in [5, 5.41) is 8.74. The van der Waals surface area contributed by atoms with E-state index in [-0.39, 0.29) is 0 Å². The Labute approximate surface area is 248 Å². The van der Waals surface area contributed by atoms with Crippen molar-refractivity contribution in [3.63, 3.8) is 0 Å². The molecular weight excluding hydrogens is 521 g/mol. The standard InChI is InChI=1S/C41H30Si/c1-31-26-27-37-38(36-24-14-15-25-39(36)41(40(37)30-31)32-16-6-2-7-17-32)28-29-42(33-18-8-3-9-19-33,34-20-10-4-11-21-34)35-22-12-5-13-23-35/h2-27,30H,1H3. The van der Waals surface area contributed by atoms with Gasteiger partial charge in [-0.1, -0.05) is 175 Å². The molecule has 0 aliphatic heterocycles. The van der Waals surface area contributed by atoms with Gasteiger partial charge in [-0.15, -0.1) is 5.54 Å². The first kappa shape index (κ1) is 25.8. The molecule has 0 nitrogen and oxygen atoms in total. The molecule has 0 saturated heterocycles. The predicted octanol–water partition coefficient (Wildman–Crippen LogP) is 8.03. The Balaban J connectivity index is 1.61. The summed E-state index contributed by atoms with van der Waals surface area (Å²) in [4.78, 5) is 0. The quantitative estimate of drug-likeness (QED) is 0.0901. The fourth-order valence-electron chi connectivity index (χ4n) is 6.28. The maximum absolute atomic E-state index is 4.05. The zero-order valence-electron chi connectivity index (χ0n) is 23.6. The van der Waals surface area contributed by atoms with Crippen molar-refractivity contribution in [3.8, 4) is 22.6 Å². The van der Waals surface area contributed by atoms with Crippen LogP contribution in [0.25, 0.3) is 32.7 Å². The summed E-state index contributed by atoms with van der Waals surface area (Å²) in [7, 11) is -2.73. The fourth-order valence-corrected chi connectivity index (χ4v) is 10.1. The van der Waals surface area contributed by atoms with E-state index in [0.717, 1.165) is 5.56 Å². The summed E-state index contributed by atoms with van der Waals surface area (Å²) >= 11 is 0. The van der Waals surface area contributed by atoms with E-state index in [2.05, 4.69) is 182 Å². The van der Waals surface area contributed by atoms with E-state index in [4.69, 9.17) is 0 Å². The second-order valence-corrected chi connectivity index (χ2v) is 14.3. The lowest BCUT2D eigenvalue weighted by Crippen LogP contribution is -2.66. The van der Waals surface area contributed by atoms with Gasteiger partial charge in [0.1, 0.15) is 0 Å². The number of rotatable bonds is 4. The van der Waals surface area contributed by atoms with Crippen LogP contribution in [0.2, 0.25) is 0 Å². The first-order valence-corrected chi connectivity index (χ1v) is 16.5. The fraction of sp³-hybridized carbons (Fsp3) is 0.0244. The zero-order chi connectivity index (χ0) is 28.4. The molecule has 0 unspecified atom stereocenters. The Kier molecular flexibility index (Phi) is 6.76. The van der Waals surface area contributed by atoms with Gasteiger partial charge in [0.25, 0.3) is 0 Å². The van der Waals surface area contributed by atoms with Crippen LogP contribution in [-0.4, -0.2) is 8.07 Å². The Hall–Kier alpha value is -5.16. The molecular formula is C41H30Si. The molecule has 0 aliphatic carbocycles. The molecule has 0 bridgehead atoms. The Morgan fingerprint density at radius 1 is 0.429 bits per heavy atom. The van der Waals surface area contributed by atoms with Crippen molar-refractivity contribution in [2.75, 3.05) is 0 Å². The van der Waals surface area contributed by atoms with Crippen molar-refractivity contribution in [1.29, 1.82) is 0 Å². The average molecular weight is 551 g/mol. The SMILES string of the molecule is Cc1ccc2c(C#C[Si](c3ccccc3)(c3ccccc3)c3ccccc3)c3ccccc3c(-c3ccccc3)c2c1. The Bertz CT molecular complexity index is 1970. The molecule has 0 radical (unpaired) electrons. The highest BCUT2D eigenvalue weighted by Crippen LogP contribution is 2.39. The average Bonchev–Trinajstić information content (AvgIpc) is 3.06. The molecule has 0 saturated carbocycles. The van der Waals surface area contributed by atoms with Crippen molar-refractivity contribution in [3.05, 3.63) is 175 Å². The van der Waals surface area contributed by atoms with Crippen LogP contribution in [-0.2, 0) is 0 Å². The molecule has 7 rings (SSSR count). The van der Waals surface area contributed by atoms with Gasteiger partial charge >= 0.3 is 0 Å². The van der Waals surface area contributed by atoms with Crippen molar-refractivity contribution >= 4 is 45.2 Å². The van der Waals surface area contributed by atoms with Crippen LogP contribution >= 0.6 is 0 Å².